The number of nitrogens with one attached hydrogen (secondary N) is 1. The van der Waals surface area contributed by atoms with Crippen LogP contribution in [0.4, 0.5) is 13.2 Å². The third-order valence-electron chi connectivity index (χ3n) is 2.07. The number of hydrogen-bond acceptors (Lipinski definition) is 4. The number of oxime groups is 1. The van der Waals surface area contributed by atoms with E-state index in [4.69, 9.17) is 4.74 Å². The third-order valence-corrected chi connectivity index (χ3v) is 2.07. The van der Waals surface area contributed by atoms with Crippen LogP contribution in [-0.4, -0.2) is 38.6 Å². The SMILES string of the molecule is COc1ccc(/C=N/OCC(=O)NCC(F)(F)F)cc1. The van der Waals surface area contributed by atoms with Crippen molar-refractivity contribution >= 4 is 12.1 Å². The molecule has 0 saturated heterocycles. The predicted octanol–water partition coefficient (Wildman–Crippen LogP) is 1.72. The van der Waals surface area contributed by atoms with Gasteiger partial charge in [-0.25, -0.2) is 0 Å². The first-order valence-corrected chi connectivity index (χ1v) is 5.53. The summed E-state index contributed by atoms with van der Waals surface area (Å²) in [5.74, 6) is -0.219. The lowest BCUT2D eigenvalue weighted by molar-refractivity contribution is -0.141. The molecule has 110 valence electrons. The maximum atomic E-state index is 11.8. The Morgan fingerprint density at radius 2 is 2.00 bits per heavy atom. The Labute approximate surface area is 113 Å². The molecule has 0 fully saturated rings. The van der Waals surface area contributed by atoms with Crippen molar-refractivity contribution in [1.82, 2.24) is 5.32 Å². The van der Waals surface area contributed by atoms with Crippen LogP contribution in [-0.2, 0) is 9.63 Å². The summed E-state index contributed by atoms with van der Waals surface area (Å²) in [6.45, 7) is -1.97. The molecule has 1 amide bonds. The van der Waals surface area contributed by atoms with E-state index in [0.29, 0.717) is 11.3 Å². The second kappa shape index (κ2) is 7.37. The summed E-state index contributed by atoms with van der Waals surface area (Å²) in [5, 5.41) is 5.13. The first kappa shape index (κ1) is 15.8. The predicted molar refractivity (Wildman–Crippen MR) is 65.6 cm³/mol. The molecular formula is C12H13F3N2O3. The number of rotatable bonds is 6. The largest absolute Gasteiger partial charge is 0.497 e. The van der Waals surface area contributed by atoms with Crippen LogP contribution in [0.1, 0.15) is 5.56 Å². The molecule has 1 aromatic carbocycles. The van der Waals surface area contributed by atoms with Crippen molar-refractivity contribution < 1.29 is 27.5 Å². The average molecular weight is 290 g/mol. The van der Waals surface area contributed by atoms with E-state index >= 15 is 0 Å². The molecule has 8 heteroatoms. The fourth-order valence-corrected chi connectivity index (χ4v) is 1.13. The van der Waals surface area contributed by atoms with Gasteiger partial charge in [0.25, 0.3) is 5.91 Å². The third kappa shape index (κ3) is 6.62. The van der Waals surface area contributed by atoms with Gasteiger partial charge in [-0.3, -0.25) is 4.79 Å². The highest BCUT2D eigenvalue weighted by molar-refractivity contribution is 5.80. The highest BCUT2D eigenvalue weighted by Gasteiger charge is 2.27. The summed E-state index contributed by atoms with van der Waals surface area (Å²) < 4.78 is 40.3. The minimum Gasteiger partial charge on any atom is -0.497 e. The van der Waals surface area contributed by atoms with Gasteiger partial charge in [0.05, 0.1) is 13.3 Å². The fourth-order valence-electron chi connectivity index (χ4n) is 1.13. The molecule has 1 N–H and O–H groups in total. The van der Waals surface area contributed by atoms with Crippen molar-refractivity contribution in [2.24, 2.45) is 5.16 Å². The number of methoxy groups -OCH3 is 1. The molecule has 0 unspecified atom stereocenters. The van der Waals surface area contributed by atoms with Crippen LogP contribution in [0.2, 0.25) is 0 Å². The number of nitrogens with zero attached hydrogens (tertiary/aromatic N) is 1. The summed E-state index contributed by atoms with van der Waals surface area (Å²) in [7, 11) is 1.53. The smallest absolute Gasteiger partial charge is 0.405 e. The highest BCUT2D eigenvalue weighted by Crippen LogP contribution is 2.12. The number of carbonyl (C=O) groups excluding carboxylic acids is 1. The Morgan fingerprint density at radius 1 is 1.35 bits per heavy atom. The summed E-state index contributed by atoms with van der Waals surface area (Å²) in [4.78, 5) is 15.5. The Bertz CT molecular complexity index is 458. The molecule has 0 aliphatic carbocycles. The normalized spacial score (nSPS) is 11.4. The van der Waals surface area contributed by atoms with Crippen LogP contribution in [0, 0.1) is 0 Å². The number of ether oxygens (including phenoxy) is 1. The number of alkyl halides is 3. The van der Waals surface area contributed by atoms with Crippen LogP contribution < -0.4 is 10.1 Å². The van der Waals surface area contributed by atoms with Crippen LogP contribution in [0.25, 0.3) is 0 Å². The second-order valence-corrected chi connectivity index (χ2v) is 3.67. The van der Waals surface area contributed by atoms with Gasteiger partial charge in [-0.05, 0) is 29.8 Å². The van der Waals surface area contributed by atoms with Crippen LogP contribution in [0.15, 0.2) is 29.4 Å². The van der Waals surface area contributed by atoms with E-state index in [0.717, 1.165) is 0 Å². The Kier molecular flexibility index (Phi) is 5.82. The number of halogens is 3. The Morgan fingerprint density at radius 3 is 2.55 bits per heavy atom. The van der Waals surface area contributed by atoms with E-state index in [1.165, 1.54) is 13.3 Å². The standard InChI is InChI=1S/C12H13F3N2O3/c1-19-10-4-2-9(3-5-10)6-17-20-7-11(18)16-8-12(13,14)15/h2-6H,7-8H2,1H3,(H,16,18)/b17-6+. The molecule has 1 rings (SSSR count). The van der Waals surface area contributed by atoms with Gasteiger partial charge in [-0.15, -0.1) is 0 Å². The topological polar surface area (TPSA) is 59.9 Å². The average Bonchev–Trinajstić information content (AvgIpc) is 2.41. The maximum Gasteiger partial charge on any atom is 0.405 e. The molecule has 0 aliphatic heterocycles. The molecule has 0 spiro atoms. The first-order chi connectivity index (χ1) is 9.40. The van der Waals surface area contributed by atoms with Gasteiger partial charge in [0.15, 0.2) is 6.61 Å². The van der Waals surface area contributed by atoms with E-state index in [1.807, 2.05) is 0 Å². The second-order valence-electron chi connectivity index (χ2n) is 3.67. The molecule has 1 aromatic rings. The molecule has 0 radical (unpaired) electrons. The van der Waals surface area contributed by atoms with E-state index in [2.05, 4.69) is 9.99 Å². The molecule has 0 heterocycles. The summed E-state index contributed by atoms with van der Waals surface area (Å²) in [5.41, 5.74) is 0.696. The van der Waals surface area contributed by atoms with Crippen molar-refractivity contribution in [1.29, 1.82) is 0 Å². The quantitative estimate of drug-likeness (QED) is 0.641. The minimum atomic E-state index is -4.44. The van der Waals surface area contributed by atoms with Crippen LogP contribution >= 0.6 is 0 Å². The number of hydrogen-bond donors (Lipinski definition) is 1. The van der Waals surface area contributed by atoms with Crippen LogP contribution in [0.5, 0.6) is 5.75 Å². The molecule has 0 atom stereocenters. The molecule has 20 heavy (non-hydrogen) atoms. The molecule has 0 aromatic heterocycles. The van der Waals surface area contributed by atoms with Crippen LogP contribution in [0.3, 0.4) is 0 Å². The Balaban J connectivity index is 2.28. The van der Waals surface area contributed by atoms with E-state index in [-0.39, 0.29) is 0 Å². The Hall–Kier alpha value is -2.25. The van der Waals surface area contributed by atoms with Crippen molar-refractivity contribution in [3.05, 3.63) is 29.8 Å². The zero-order chi connectivity index (χ0) is 15.0. The first-order valence-electron chi connectivity index (χ1n) is 5.53. The van der Waals surface area contributed by atoms with Gasteiger partial charge < -0.3 is 14.9 Å². The number of amides is 1. The van der Waals surface area contributed by atoms with Crippen molar-refractivity contribution in [3.63, 3.8) is 0 Å². The van der Waals surface area contributed by atoms with E-state index in [1.54, 1.807) is 29.6 Å². The molecule has 0 saturated carbocycles. The zero-order valence-electron chi connectivity index (χ0n) is 10.6. The lowest BCUT2D eigenvalue weighted by Gasteiger charge is -2.07. The van der Waals surface area contributed by atoms with Crippen molar-refractivity contribution in [3.8, 4) is 5.75 Å². The van der Waals surface area contributed by atoms with Gasteiger partial charge in [-0.2, -0.15) is 13.2 Å². The molecule has 0 aliphatic rings. The summed E-state index contributed by atoms with van der Waals surface area (Å²) >= 11 is 0. The van der Waals surface area contributed by atoms with Gasteiger partial charge in [0.2, 0.25) is 0 Å². The van der Waals surface area contributed by atoms with Gasteiger partial charge in [0, 0.05) is 0 Å². The van der Waals surface area contributed by atoms with E-state index < -0.39 is 25.2 Å². The summed E-state index contributed by atoms with van der Waals surface area (Å²) in [6.07, 6.45) is -3.11. The zero-order valence-corrected chi connectivity index (χ0v) is 10.6. The minimum absolute atomic E-state index is 0.581. The lowest BCUT2D eigenvalue weighted by atomic mass is 10.2. The van der Waals surface area contributed by atoms with E-state index in [9.17, 15) is 18.0 Å². The van der Waals surface area contributed by atoms with Crippen molar-refractivity contribution in [2.45, 2.75) is 6.18 Å². The van der Waals surface area contributed by atoms with Gasteiger partial charge >= 0.3 is 6.18 Å². The number of benzene rings is 1. The van der Waals surface area contributed by atoms with Crippen molar-refractivity contribution in [2.75, 3.05) is 20.3 Å². The van der Waals surface area contributed by atoms with Gasteiger partial charge in [0.1, 0.15) is 12.3 Å². The number of carbonyl (C=O) groups is 1. The van der Waals surface area contributed by atoms with Gasteiger partial charge in [-0.1, -0.05) is 5.16 Å². The fraction of sp³-hybridized carbons (Fsp3) is 0.333. The monoisotopic (exact) mass is 290 g/mol. The molecule has 5 nitrogen and oxygen atoms in total. The molecule has 0 bridgehead atoms. The summed E-state index contributed by atoms with van der Waals surface area (Å²) in [6, 6.07) is 6.82. The lowest BCUT2D eigenvalue weighted by Crippen LogP contribution is -2.35. The highest BCUT2D eigenvalue weighted by atomic mass is 19.4. The maximum absolute atomic E-state index is 11.8. The molecular weight excluding hydrogens is 277 g/mol.